The monoisotopic (exact) mass is 342 g/mol. The van der Waals surface area contributed by atoms with Gasteiger partial charge in [-0.3, -0.25) is 4.79 Å². The van der Waals surface area contributed by atoms with Crippen LogP contribution in [0.25, 0.3) is 0 Å². The lowest BCUT2D eigenvalue weighted by atomic mass is 9.71. The van der Waals surface area contributed by atoms with E-state index in [1.165, 1.54) is 83.5 Å². The van der Waals surface area contributed by atoms with E-state index in [0.29, 0.717) is 22.3 Å². The molecule has 3 heteroatoms. The zero-order chi connectivity index (χ0) is 17.4. The van der Waals surface area contributed by atoms with Gasteiger partial charge in [-0.15, -0.1) is 0 Å². The van der Waals surface area contributed by atoms with Gasteiger partial charge in [0.1, 0.15) is 0 Å². The van der Waals surface area contributed by atoms with Gasteiger partial charge in [-0.1, -0.05) is 78.6 Å². The van der Waals surface area contributed by atoms with Gasteiger partial charge in [0.15, 0.2) is 0 Å². The molecule has 0 N–H and O–H groups in total. The minimum absolute atomic E-state index is 0.0130. The van der Waals surface area contributed by atoms with Crippen LogP contribution in [0.15, 0.2) is 0 Å². The third-order valence-electron chi connectivity index (χ3n) is 5.22. The molecule has 0 aliphatic heterocycles. The van der Waals surface area contributed by atoms with Crippen LogP contribution >= 0.6 is 0 Å². The van der Waals surface area contributed by atoms with Crippen LogP contribution in [0.5, 0.6) is 0 Å². The minimum atomic E-state index is 0.0130. The average molecular weight is 343 g/mol. The third-order valence-corrected chi connectivity index (χ3v) is 5.67. The molecule has 0 unspecified atom stereocenters. The summed E-state index contributed by atoms with van der Waals surface area (Å²) in [4.78, 5) is 11.5. The molecule has 0 spiro atoms. The summed E-state index contributed by atoms with van der Waals surface area (Å²) >= 11 is 0. The zero-order valence-electron chi connectivity index (χ0n) is 16.4. The second-order valence-corrected chi connectivity index (χ2v) is 7.71. The highest BCUT2D eigenvalue weighted by Crippen LogP contribution is 2.41. The van der Waals surface area contributed by atoms with Crippen LogP contribution in [0.4, 0.5) is 0 Å². The second-order valence-electron chi connectivity index (χ2n) is 7.30. The number of unbranched alkanes of at least 4 members (excludes halogenated alkanes) is 6. The Hall–Kier alpha value is -0.313. The SMILES string of the molecule is CCCCCCC(CCC)(CCCCCC)CCCC(=O)O[SiH3]. The molecule has 0 rings (SSSR count). The second kappa shape index (κ2) is 15.2. The molecule has 0 fully saturated rings. The van der Waals surface area contributed by atoms with Crippen LogP contribution in [0.1, 0.15) is 117 Å². The summed E-state index contributed by atoms with van der Waals surface area (Å²) < 4.78 is 4.95. The van der Waals surface area contributed by atoms with E-state index in [1.807, 2.05) is 0 Å². The highest BCUT2D eigenvalue weighted by molar-refractivity contribution is 6.05. The molecule has 0 saturated carbocycles. The van der Waals surface area contributed by atoms with Crippen molar-refractivity contribution in [3.8, 4) is 0 Å². The van der Waals surface area contributed by atoms with Crippen molar-refractivity contribution in [2.45, 2.75) is 117 Å². The lowest BCUT2D eigenvalue weighted by molar-refractivity contribution is -0.134. The van der Waals surface area contributed by atoms with Gasteiger partial charge in [0, 0.05) is 6.42 Å². The lowest BCUT2D eigenvalue weighted by Crippen LogP contribution is -2.22. The predicted octanol–water partition coefficient (Wildman–Crippen LogP) is 5.71. The molecular formula is C20H42O2Si. The zero-order valence-corrected chi connectivity index (χ0v) is 18.4. The largest absolute Gasteiger partial charge is 0.529 e. The molecule has 0 aromatic carbocycles. The van der Waals surface area contributed by atoms with Crippen LogP contribution in [0.3, 0.4) is 0 Å². The van der Waals surface area contributed by atoms with Crippen LogP contribution < -0.4 is 0 Å². The Morgan fingerprint density at radius 3 is 1.70 bits per heavy atom. The van der Waals surface area contributed by atoms with Crippen LogP contribution in [-0.2, 0) is 9.22 Å². The summed E-state index contributed by atoms with van der Waals surface area (Å²) in [6.45, 7) is 6.88. The highest BCUT2D eigenvalue weighted by Gasteiger charge is 2.28. The Labute approximate surface area is 148 Å². The Bertz CT molecular complexity index is 267. The predicted molar refractivity (Wildman–Crippen MR) is 105 cm³/mol. The van der Waals surface area contributed by atoms with Gasteiger partial charge in [-0.05, 0) is 37.5 Å². The quantitative estimate of drug-likeness (QED) is 0.265. The number of rotatable bonds is 16. The molecular weight excluding hydrogens is 300 g/mol. The molecule has 138 valence electrons. The van der Waals surface area contributed by atoms with E-state index in [2.05, 4.69) is 20.8 Å². The summed E-state index contributed by atoms with van der Waals surface area (Å²) in [6.07, 6.45) is 19.0. The van der Waals surface area contributed by atoms with E-state index in [1.54, 1.807) is 0 Å². The first-order valence-corrected chi connectivity index (χ1v) is 11.0. The van der Waals surface area contributed by atoms with Crippen molar-refractivity contribution in [3.05, 3.63) is 0 Å². The molecule has 0 aliphatic carbocycles. The molecule has 0 bridgehead atoms. The van der Waals surface area contributed by atoms with E-state index >= 15 is 0 Å². The standard InChI is InChI=1S/C20H42O2Si/c1-4-7-9-11-16-20(15-6-3,17-12-10-8-5-2)18-13-14-19(21)22-23/h4-18H2,1-3,23H3. The topological polar surface area (TPSA) is 26.3 Å². The molecule has 0 heterocycles. The van der Waals surface area contributed by atoms with E-state index in [0.717, 1.165) is 6.42 Å². The summed E-state index contributed by atoms with van der Waals surface area (Å²) in [5.74, 6) is 0.0130. The van der Waals surface area contributed by atoms with Gasteiger partial charge in [0.2, 0.25) is 10.5 Å². The molecule has 0 atom stereocenters. The first kappa shape index (κ1) is 22.7. The summed E-state index contributed by atoms with van der Waals surface area (Å²) in [5.41, 5.74) is 0.488. The van der Waals surface area contributed by atoms with Crippen LogP contribution in [-0.4, -0.2) is 16.5 Å². The summed E-state index contributed by atoms with van der Waals surface area (Å²) in [5, 5.41) is 0. The average Bonchev–Trinajstić information content (AvgIpc) is 2.55. The molecule has 0 radical (unpaired) electrons. The molecule has 23 heavy (non-hydrogen) atoms. The van der Waals surface area contributed by atoms with Crippen molar-refractivity contribution in [3.63, 3.8) is 0 Å². The van der Waals surface area contributed by atoms with Gasteiger partial charge in [-0.2, -0.15) is 0 Å². The number of carbonyl (C=O) groups excluding carboxylic acids is 1. The number of hydrogen-bond acceptors (Lipinski definition) is 2. The highest BCUT2D eigenvalue weighted by atomic mass is 28.2. The van der Waals surface area contributed by atoms with Crippen molar-refractivity contribution in [1.29, 1.82) is 0 Å². The van der Waals surface area contributed by atoms with Gasteiger partial charge in [0.25, 0.3) is 5.97 Å². The maximum absolute atomic E-state index is 11.5. The first-order valence-electron chi connectivity index (χ1n) is 10.2. The fourth-order valence-electron chi connectivity index (χ4n) is 3.84. The van der Waals surface area contributed by atoms with Crippen molar-refractivity contribution in [2.75, 3.05) is 0 Å². The van der Waals surface area contributed by atoms with Crippen molar-refractivity contribution in [2.24, 2.45) is 5.41 Å². The summed E-state index contributed by atoms with van der Waals surface area (Å²) in [6, 6.07) is 0. The lowest BCUT2D eigenvalue weighted by Gasteiger charge is -2.34. The smallest absolute Gasteiger partial charge is 0.291 e. The van der Waals surface area contributed by atoms with Gasteiger partial charge in [0.05, 0.1) is 0 Å². The van der Waals surface area contributed by atoms with Crippen LogP contribution in [0, 0.1) is 5.41 Å². The molecule has 2 nitrogen and oxygen atoms in total. The van der Waals surface area contributed by atoms with Gasteiger partial charge >= 0.3 is 0 Å². The summed E-state index contributed by atoms with van der Waals surface area (Å²) in [7, 11) is 0.536. The third kappa shape index (κ3) is 11.8. The Balaban J connectivity index is 4.53. The van der Waals surface area contributed by atoms with Crippen LogP contribution in [0.2, 0.25) is 0 Å². The molecule has 0 saturated heterocycles. The van der Waals surface area contributed by atoms with E-state index in [4.69, 9.17) is 4.43 Å². The fraction of sp³-hybridized carbons (Fsp3) is 0.950. The first-order chi connectivity index (χ1) is 11.1. The Morgan fingerprint density at radius 1 is 0.739 bits per heavy atom. The van der Waals surface area contributed by atoms with E-state index in [-0.39, 0.29) is 5.97 Å². The molecule has 0 aromatic rings. The molecule has 0 aromatic heterocycles. The van der Waals surface area contributed by atoms with Crippen molar-refractivity contribution >= 4 is 16.5 Å². The minimum Gasteiger partial charge on any atom is -0.529 e. The maximum Gasteiger partial charge on any atom is 0.291 e. The van der Waals surface area contributed by atoms with Crippen molar-refractivity contribution < 1.29 is 9.22 Å². The normalized spacial score (nSPS) is 11.8. The Kier molecular flexibility index (Phi) is 15.0. The van der Waals surface area contributed by atoms with E-state index in [9.17, 15) is 4.79 Å². The Morgan fingerprint density at radius 2 is 1.26 bits per heavy atom. The van der Waals surface area contributed by atoms with Gasteiger partial charge < -0.3 is 4.43 Å². The number of carbonyl (C=O) groups is 1. The molecule has 0 aliphatic rings. The van der Waals surface area contributed by atoms with E-state index < -0.39 is 0 Å². The molecule has 0 amide bonds. The maximum atomic E-state index is 11.5. The number of hydrogen-bond donors (Lipinski definition) is 0. The van der Waals surface area contributed by atoms with Crippen molar-refractivity contribution in [1.82, 2.24) is 0 Å². The van der Waals surface area contributed by atoms with Gasteiger partial charge in [-0.25, -0.2) is 0 Å². The fourth-order valence-corrected chi connectivity index (χ4v) is 4.05.